The summed E-state index contributed by atoms with van der Waals surface area (Å²) in [7, 11) is 0. The van der Waals surface area contributed by atoms with E-state index < -0.39 is 0 Å². The SMILES string of the molecule is CC1(C)c2ccccc2-c2cc(-c3c4cccc(-c5cccc6c5c5ccccc5n6-c5ccccc5)c4cc4c(-c5cccc6c5c5ccccc5n6-c5ccccc5)cccc34)ccc21. The van der Waals surface area contributed by atoms with Crippen molar-refractivity contribution in [2.45, 2.75) is 19.3 Å². The standard InChI is InChI=1S/C65H44N2/c1-65(2)56-32-12-9-23-46(56)55-39-41(37-38-57(55)65)62-49-28-15-26-44(47-30-17-35-60-63(47)51-24-10-13-33-58(51)66(60)42-19-5-3-6-20-42)53(49)40-54-45(27-16-29-50(54)62)48-31-18-36-61-64(48)52-25-11-14-34-59(52)67(61)43-21-7-4-8-22-43/h3-40H,1-2H3. The average Bonchev–Trinajstić information content (AvgIpc) is 3.99. The molecule has 0 radical (unpaired) electrons. The van der Waals surface area contributed by atoms with Crippen LogP contribution in [0.5, 0.6) is 0 Å². The molecule has 13 aromatic rings. The number of aromatic nitrogens is 2. The van der Waals surface area contributed by atoms with Crippen LogP contribution >= 0.6 is 0 Å². The van der Waals surface area contributed by atoms with Crippen molar-refractivity contribution in [3.05, 3.63) is 242 Å². The topological polar surface area (TPSA) is 9.86 Å². The molecule has 1 aliphatic rings. The van der Waals surface area contributed by atoms with Gasteiger partial charge in [0.1, 0.15) is 0 Å². The third-order valence-corrected chi connectivity index (χ3v) is 14.9. The van der Waals surface area contributed by atoms with Gasteiger partial charge in [-0.3, -0.25) is 0 Å². The normalized spacial score (nSPS) is 13.0. The van der Waals surface area contributed by atoms with E-state index in [0.717, 1.165) is 11.4 Å². The van der Waals surface area contributed by atoms with E-state index in [0.29, 0.717) is 0 Å². The fourth-order valence-electron chi connectivity index (χ4n) is 12.0. The second-order valence-electron chi connectivity index (χ2n) is 18.8. The predicted molar refractivity (Wildman–Crippen MR) is 284 cm³/mol. The van der Waals surface area contributed by atoms with Crippen molar-refractivity contribution in [3.63, 3.8) is 0 Å². The van der Waals surface area contributed by atoms with Gasteiger partial charge >= 0.3 is 0 Å². The van der Waals surface area contributed by atoms with Crippen molar-refractivity contribution in [1.29, 1.82) is 0 Å². The van der Waals surface area contributed by atoms with Crippen molar-refractivity contribution < 1.29 is 0 Å². The van der Waals surface area contributed by atoms with Crippen LogP contribution in [-0.4, -0.2) is 9.13 Å². The molecule has 2 heteroatoms. The van der Waals surface area contributed by atoms with E-state index >= 15 is 0 Å². The molecule has 67 heavy (non-hydrogen) atoms. The summed E-state index contributed by atoms with van der Waals surface area (Å²) in [6, 6.07) is 85.8. The van der Waals surface area contributed by atoms with Crippen molar-refractivity contribution in [3.8, 4) is 55.9 Å². The summed E-state index contributed by atoms with van der Waals surface area (Å²) >= 11 is 0. The highest BCUT2D eigenvalue weighted by molar-refractivity contribution is 6.25. The molecule has 0 saturated heterocycles. The summed E-state index contributed by atoms with van der Waals surface area (Å²) in [6.45, 7) is 4.74. The Balaban J connectivity index is 1.11. The van der Waals surface area contributed by atoms with Gasteiger partial charge in [-0.15, -0.1) is 0 Å². The first-order valence-corrected chi connectivity index (χ1v) is 23.4. The van der Waals surface area contributed by atoms with Gasteiger partial charge in [-0.1, -0.05) is 184 Å². The fraction of sp³-hybridized carbons (Fsp3) is 0.0462. The molecule has 0 aliphatic heterocycles. The van der Waals surface area contributed by atoms with Crippen LogP contribution in [0.3, 0.4) is 0 Å². The number of para-hydroxylation sites is 4. The summed E-state index contributed by atoms with van der Waals surface area (Å²) in [5, 5.41) is 9.99. The second kappa shape index (κ2) is 14.3. The molecule has 0 spiro atoms. The smallest absolute Gasteiger partial charge is 0.0547 e. The first-order chi connectivity index (χ1) is 33.0. The van der Waals surface area contributed by atoms with E-state index in [2.05, 4.69) is 254 Å². The first-order valence-electron chi connectivity index (χ1n) is 23.4. The summed E-state index contributed by atoms with van der Waals surface area (Å²) < 4.78 is 4.85. The predicted octanol–water partition coefficient (Wildman–Crippen LogP) is 17.5. The minimum absolute atomic E-state index is 0.0825. The zero-order valence-corrected chi connectivity index (χ0v) is 37.3. The van der Waals surface area contributed by atoms with Crippen LogP contribution in [0, 0.1) is 0 Å². The van der Waals surface area contributed by atoms with Crippen LogP contribution in [0.2, 0.25) is 0 Å². The summed E-state index contributed by atoms with van der Waals surface area (Å²) in [6.07, 6.45) is 0. The largest absolute Gasteiger partial charge is 0.309 e. The average molecular weight is 853 g/mol. The second-order valence-corrected chi connectivity index (χ2v) is 18.8. The Morgan fingerprint density at radius 2 is 0.701 bits per heavy atom. The first kappa shape index (κ1) is 37.9. The zero-order chi connectivity index (χ0) is 44.4. The van der Waals surface area contributed by atoms with Gasteiger partial charge in [-0.2, -0.15) is 0 Å². The lowest BCUT2D eigenvalue weighted by molar-refractivity contribution is 0.660. The van der Waals surface area contributed by atoms with E-state index in [1.165, 1.54) is 121 Å². The van der Waals surface area contributed by atoms with Gasteiger partial charge in [-0.25, -0.2) is 0 Å². The van der Waals surface area contributed by atoms with Crippen LogP contribution < -0.4 is 0 Å². The van der Waals surface area contributed by atoms with Gasteiger partial charge in [0.2, 0.25) is 0 Å². The maximum atomic E-state index is 2.51. The highest BCUT2D eigenvalue weighted by atomic mass is 15.0. The molecule has 2 aromatic heterocycles. The Morgan fingerprint density at radius 1 is 0.284 bits per heavy atom. The molecule has 14 rings (SSSR count). The van der Waals surface area contributed by atoms with Crippen LogP contribution in [0.4, 0.5) is 0 Å². The van der Waals surface area contributed by atoms with Gasteiger partial charge in [0, 0.05) is 38.3 Å². The minimum Gasteiger partial charge on any atom is -0.309 e. The van der Waals surface area contributed by atoms with Crippen LogP contribution in [0.25, 0.3) is 121 Å². The van der Waals surface area contributed by atoms with Crippen molar-refractivity contribution in [2.75, 3.05) is 0 Å². The van der Waals surface area contributed by atoms with E-state index in [9.17, 15) is 0 Å². The lowest BCUT2D eigenvalue weighted by Crippen LogP contribution is -2.14. The quantitative estimate of drug-likeness (QED) is 0.153. The molecule has 0 unspecified atom stereocenters. The van der Waals surface area contributed by atoms with E-state index in [-0.39, 0.29) is 5.41 Å². The van der Waals surface area contributed by atoms with Crippen molar-refractivity contribution in [2.24, 2.45) is 0 Å². The molecule has 11 aromatic carbocycles. The highest BCUT2D eigenvalue weighted by Gasteiger charge is 2.35. The highest BCUT2D eigenvalue weighted by Crippen LogP contribution is 2.52. The molecule has 2 nitrogen and oxygen atoms in total. The number of benzene rings is 11. The Morgan fingerprint density at radius 3 is 1.27 bits per heavy atom. The van der Waals surface area contributed by atoms with Gasteiger partial charge < -0.3 is 9.13 Å². The molecule has 0 N–H and O–H groups in total. The molecule has 0 saturated carbocycles. The summed E-state index contributed by atoms with van der Waals surface area (Å²) in [5.74, 6) is 0. The number of rotatable bonds is 5. The van der Waals surface area contributed by atoms with E-state index in [1.807, 2.05) is 0 Å². The van der Waals surface area contributed by atoms with Crippen molar-refractivity contribution >= 4 is 65.2 Å². The maximum absolute atomic E-state index is 2.51. The number of fused-ring (bicyclic) bond motifs is 11. The van der Waals surface area contributed by atoms with Crippen LogP contribution in [0.15, 0.2) is 231 Å². The summed E-state index contributed by atoms with van der Waals surface area (Å²) in [4.78, 5) is 0. The fourth-order valence-corrected chi connectivity index (χ4v) is 12.0. The number of hydrogen-bond acceptors (Lipinski definition) is 0. The Hall–Kier alpha value is -8.46. The minimum atomic E-state index is -0.0825. The Labute approximate surface area is 389 Å². The number of nitrogens with zero attached hydrogens (tertiary/aromatic N) is 2. The third-order valence-electron chi connectivity index (χ3n) is 14.9. The molecule has 0 amide bonds. The zero-order valence-electron chi connectivity index (χ0n) is 37.3. The molecule has 0 atom stereocenters. The number of hydrogen-bond donors (Lipinski definition) is 0. The van der Waals surface area contributed by atoms with Gasteiger partial charge in [0.25, 0.3) is 0 Å². The van der Waals surface area contributed by atoms with Gasteiger partial charge in [0.05, 0.1) is 22.1 Å². The molecule has 0 bridgehead atoms. The lowest BCUT2D eigenvalue weighted by atomic mass is 9.81. The third kappa shape index (κ3) is 5.39. The summed E-state index contributed by atoms with van der Waals surface area (Å²) in [5.41, 5.74) is 19.9. The molecule has 1 aliphatic carbocycles. The van der Waals surface area contributed by atoms with Crippen LogP contribution in [-0.2, 0) is 5.41 Å². The lowest BCUT2D eigenvalue weighted by Gasteiger charge is -2.22. The molecule has 314 valence electrons. The van der Waals surface area contributed by atoms with Crippen molar-refractivity contribution in [1.82, 2.24) is 9.13 Å². The Kier molecular flexibility index (Phi) is 8.06. The molecular weight excluding hydrogens is 809 g/mol. The molecule has 0 fully saturated rings. The molecular formula is C65H44N2. The molecule has 2 heterocycles. The van der Waals surface area contributed by atoms with E-state index in [1.54, 1.807) is 0 Å². The maximum Gasteiger partial charge on any atom is 0.0547 e. The van der Waals surface area contributed by atoms with Gasteiger partial charge in [-0.05, 0) is 138 Å². The van der Waals surface area contributed by atoms with E-state index in [4.69, 9.17) is 0 Å². The Bertz CT molecular complexity index is 3950. The monoisotopic (exact) mass is 852 g/mol. The van der Waals surface area contributed by atoms with Crippen LogP contribution in [0.1, 0.15) is 25.0 Å². The van der Waals surface area contributed by atoms with Gasteiger partial charge in [0.15, 0.2) is 0 Å².